The van der Waals surface area contributed by atoms with Crippen LogP contribution in [0.3, 0.4) is 0 Å². The summed E-state index contributed by atoms with van der Waals surface area (Å²) in [6.07, 6.45) is 22.8. The van der Waals surface area contributed by atoms with E-state index < -0.39 is 0 Å². The Balaban J connectivity index is 1.10. The number of anilines is 4. The van der Waals surface area contributed by atoms with Gasteiger partial charge in [0.25, 0.3) is 0 Å². The molecule has 13 rings (SSSR count). The smallest absolute Gasteiger partial charge is 0.0555 e. The lowest BCUT2D eigenvalue weighted by Crippen LogP contribution is -2.22. The quantitative estimate of drug-likeness (QED) is 0.151. The largest absolute Gasteiger partial charge is 0.310 e. The van der Waals surface area contributed by atoms with Crippen LogP contribution in [-0.4, -0.2) is 4.57 Å². The second kappa shape index (κ2) is 16.2. The lowest BCUT2D eigenvalue weighted by molar-refractivity contribution is 0.728. The summed E-state index contributed by atoms with van der Waals surface area (Å²) in [5, 5.41) is 7.63. The van der Waals surface area contributed by atoms with E-state index in [0.717, 1.165) is 52.4 Å². The lowest BCUT2D eigenvalue weighted by atomic mass is 9.86. The van der Waals surface area contributed by atoms with E-state index in [1.807, 2.05) is 11.3 Å². The number of aromatic nitrogens is 1. The lowest BCUT2D eigenvalue weighted by Gasteiger charge is -2.35. The first-order chi connectivity index (χ1) is 33.1. The molecule has 2 heterocycles. The van der Waals surface area contributed by atoms with E-state index in [1.165, 1.54) is 69.7 Å². The molecule has 3 nitrogen and oxygen atoms in total. The summed E-state index contributed by atoms with van der Waals surface area (Å²) < 4.78 is 5.13. The third kappa shape index (κ3) is 6.70. The molecule has 2 aromatic heterocycles. The first-order valence-electron chi connectivity index (χ1n) is 23.5. The van der Waals surface area contributed by atoms with Crippen molar-refractivity contribution in [3.8, 4) is 16.8 Å². The maximum absolute atomic E-state index is 2.50. The van der Waals surface area contributed by atoms with Gasteiger partial charge in [-0.3, -0.25) is 0 Å². The summed E-state index contributed by atoms with van der Waals surface area (Å²) in [6, 6.07) is 65.2. The fourth-order valence-corrected chi connectivity index (χ4v) is 12.0. The Labute approximate surface area is 395 Å². The van der Waals surface area contributed by atoms with Crippen molar-refractivity contribution in [3.05, 3.63) is 248 Å². The van der Waals surface area contributed by atoms with Gasteiger partial charge in [0, 0.05) is 76.4 Å². The summed E-state index contributed by atoms with van der Waals surface area (Å²) in [5.41, 5.74) is 14.1. The maximum atomic E-state index is 2.50. The zero-order chi connectivity index (χ0) is 44.4. The minimum atomic E-state index is 0.320. The topological polar surface area (TPSA) is 11.4 Å². The van der Waals surface area contributed by atoms with Gasteiger partial charge in [0.2, 0.25) is 0 Å². The van der Waals surface area contributed by atoms with Crippen LogP contribution < -0.4 is 9.80 Å². The average molecular weight is 878 g/mol. The average Bonchev–Trinajstić information content (AvgIpc) is 3.93. The minimum Gasteiger partial charge on any atom is -0.310 e. The highest BCUT2D eigenvalue weighted by Gasteiger charge is 2.27. The van der Waals surface area contributed by atoms with E-state index >= 15 is 0 Å². The monoisotopic (exact) mass is 877 g/mol. The third-order valence-electron chi connectivity index (χ3n) is 13.9. The van der Waals surface area contributed by atoms with Gasteiger partial charge < -0.3 is 14.4 Å². The molecule has 8 aromatic carbocycles. The Morgan fingerprint density at radius 2 is 1.30 bits per heavy atom. The molecular weight excluding hydrogens is 831 g/mol. The summed E-state index contributed by atoms with van der Waals surface area (Å²) >= 11 is 1.90. The van der Waals surface area contributed by atoms with Gasteiger partial charge in [0.05, 0.1) is 16.7 Å². The highest BCUT2D eigenvalue weighted by Crippen LogP contribution is 2.47. The molecule has 4 heteroatoms. The van der Waals surface area contributed by atoms with Gasteiger partial charge in [0.1, 0.15) is 0 Å². The number of hydrogen-bond acceptors (Lipinski definition) is 3. The molecule has 0 radical (unpaired) electrons. The molecule has 0 saturated heterocycles. The minimum absolute atomic E-state index is 0.320. The second-order valence-electron chi connectivity index (χ2n) is 18.1. The van der Waals surface area contributed by atoms with Crippen molar-refractivity contribution >= 4 is 86.8 Å². The van der Waals surface area contributed by atoms with Gasteiger partial charge in [-0.05, 0) is 120 Å². The molecule has 2 atom stereocenters. The number of benzene rings is 8. The molecule has 0 N–H and O–H groups in total. The predicted molar refractivity (Wildman–Crippen MR) is 287 cm³/mol. The van der Waals surface area contributed by atoms with Crippen LogP contribution in [0.4, 0.5) is 22.7 Å². The Kier molecular flexibility index (Phi) is 9.54. The maximum Gasteiger partial charge on any atom is 0.0555 e. The van der Waals surface area contributed by atoms with Gasteiger partial charge in [-0.25, -0.2) is 0 Å². The van der Waals surface area contributed by atoms with Crippen molar-refractivity contribution in [2.45, 2.75) is 19.8 Å². The van der Waals surface area contributed by atoms with Crippen LogP contribution in [0, 0.1) is 11.8 Å². The molecule has 3 aliphatic carbocycles. The Morgan fingerprint density at radius 3 is 2.15 bits per heavy atom. The molecule has 0 bridgehead atoms. The highest BCUT2D eigenvalue weighted by molar-refractivity contribution is 7.26. The normalized spacial score (nSPS) is 16.7. The molecule has 320 valence electrons. The molecule has 0 saturated carbocycles. The van der Waals surface area contributed by atoms with Gasteiger partial charge in [-0.2, -0.15) is 0 Å². The zero-order valence-electron chi connectivity index (χ0n) is 37.3. The first kappa shape index (κ1) is 39.4. The molecule has 0 aliphatic heterocycles. The number of nitrogens with zero attached hydrogens (tertiary/aromatic N) is 3. The Bertz CT molecular complexity index is 3780. The van der Waals surface area contributed by atoms with Crippen LogP contribution in [0.2, 0.25) is 0 Å². The zero-order valence-corrected chi connectivity index (χ0v) is 38.1. The van der Waals surface area contributed by atoms with Crippen molar-refractivity contribution in [2.75, 3.05) is 9.80 Å². The summed E-state index contributed by atoms with van der Waals surface area (Å²) in [6.45, 7) is 2.30. The molecule has 3 aliphatic rings. The number of fused-ring (bicyclic) bond motifs is 9. The van der Waals surface area contributed by atoms with E-state index in [1.54, 1.807) is 0 Å². The molecule has 0 spiro atoms. The fourth-order valence-electron chi connectivity index (χ4n) is 10.7. The van der Waals surface area contributed by atoms with Crippen molar-refractivity contribution in [1.82, 2.24) is 4.57 Å². The standard InChI is InChI=1S/C63H47N3S/c1-42-30-33-49(34-31-42)65(58-28-15-19-44-17-9-11-25-53(44)58)51-39-46(38-50(41-51)64(47-20-4-2-5-21-47)57-27-14-18-43-16-8-10-24-52(43)57)45-32-35-56-60(40-45)66(48-22-6-3-7-23-48)59-37-36-55-54-26-12-13-29-61(54)67-63(55)62(56)59/h2-17,19-30,32-43H,18,31H2,1H3. The molecule has 0 fully saturated rings. The van der Waals surface area contributed by atoms with Gasteiger partial charge in [0.15, 0.2) is 0 Å². The number of rotatable bonds is 8. The van der Waals surface area contributed by atoms with Gasteiger partial charge >= 0.3 is 0 Å². The van der Waals surface area contributed by atoms with Gasteiger partial charge in [-0.1, -0.05) is 159 Å². The van der Waals surface area contributed by atoms with Crippen LogP contribution in [0.25, 0.3) is 69.6 Å². The van der Waals surface area contributed by atoms with E-state index in [0.29, 0.717) is 11.8 Å². The van der Waals surface area contributed by atoms with E-state index in [4.69, 9.17) is 0 Å². The van der Waals surface area contributed by atoms with E-state index in [-0.39, 0.29) is 0 Å². The fraction of sp³-hybridized carbons (Fsp3) is 0.0794. The number of hydrogen-bond donors (Lipinski definition) is 0. The second-order valence-corrected chi connectivity index (χ2v) is 19.2. The first-order valence-corrected chi connectivity index (χ1v) is 24.3. The number of para-hydroxylation sites is 2. The SMILES string of the molecule is CC1C=CC(N(c2cc(-c3ccc4c5c6sc7ccccc7c6ccc5n(-c5ccccc5)c4c3)cc(N(C3=C4C=CC=CC4CC=C3)c3ccccc3)c2)c2cccc3ccccc23)=CC1. The Morgan fingerprint density at radius 1 is 0.537 bits per heavy atom. The van der Waals surface area contributed by atoms with Crippen LogP contribution in [0.1, 0.15) is 19.8 Å². The van der Waals surface area contributed by atoms with E-state index in [9.17, 15) is 0 Å². The number of thiophene rings is 1. The van der Waals surface area contributed by atoms with Crippen LogP contribution >= 0.6 is 11.3 Å². The summed E-state index contributed by atoms with van der Waals surface area (Å²) in [7, 11) is 0. The van der Waals surface area contributed by atoms with Crippen molar-refractivity contribution < 1.29 is 0 Å². The molecule has 67 heavy (non-hydrogen) atoms. The van der Waals surface area contributed by atoms with Crippen LogP contribution in [0.15, 0.2) is 248 Å². The molecule has 2 unspecified atom stereocenters. The van der Waals surface area contributed by atoms with Crippen molar-refractivity contribution in [2.24, 2.45) is 11.8 Å². The molecule has 0 amide bonds. The van der Waals surface area contributed by atoms with Crippen molar-refractivity contribution in [1.29, 1.82) is 0 Å². The highest BCUT2D eigenvalue weighted by atomic mass is 32.1. The molecule has 10 aromatic rings. The number of allylic oxidation sites excluding steroid dienone is 10. The van der Waals surface area contributed by atoms with E-state index in [2.05, 4.69) is 252 Å². The summed E-state index contributed by atoms with van der Waals surface area (Å²) in [4.78, 5) is 4.99. The molecular formula is C63H47N3S. The third-order valence-corrected chi connectivity index (χ3v) is 15.2. The predicted octanol–water partition coefficient (Wildman–Crippen LogP) is 17.7. The Hall–Kier alpha value is -7.92. The van der Waals surface area contributed by atoms with Gasteiger partial charge in [-0.15, -0.1) is 11.3 Å². The van der Waals surface area contributed by atoms with Crippen LogP contribution in [-0.2, 0) is 0 Å². The van der Waals surface area contributed by atoms with Crippen LogP contribution in [0.5, 0.6) is 0 Å². The van der Waals surface area contributed by atoms with Crippen molar-refractivity contribution in [3.63, 3.8) is 0 Å². The summed E-state index contributed by atoms with van der Waals surface area (Å²) in [5.74, 6) is 0.794.